The van der Waals surface area contributed by atoms with Crippen LogP contribution in [0.2, 0.25) is 0 Å². The summed E-state index contributed by atoms with van der Waals surface area (Å²) in [4.78, 5) is 11.5. The van der Waals surface area contributed by atoms with E-state index in [1.165, 1.54) is 7.11 Å². The van der Waals surface area contributed by atoms with Crippen LogP contribution in [0.4, 0.5) is 0 Å². The summed E-state index contributed by atoms with van der Waals surface area (Å²) in [6, 6.07) is -0.321. The zero-order valence-electron chi connectivity index (χ0n) is 9.53. The van der Waals surface area contributed by atoms with E-state index in [0.717, 1.165) is 6.42 Å². The van der Waals surface area contributed by atoms with Gasteiger partial charge in [-0.25, -0.2) is 0 Å². The minimum absolute atomic E-state index is 0.0802. The van der Waals surface area contributed by atoms with E-state index in [2.05, 4.69) is 5.32 Å². The Kier molecular flexibility index (Phi) is 8.27. The van der Waals surface area contributed by atoms with Crippen molar-refractivity contribution in [2.75, 3.05) is 26.9 Å². The Labute approximate surface area is 91.0 Å². The van der Waals surface area contributed by atoms with Crippen LogP contribution in [0.15, 0.2) is 0 Å². The van der Waals surface area contributed by atoms with Crippen molar-refractivity contribution in [2.24, 2.45) is 11.7 Å². The first-order valence-corrected chi connectivity index (χ1v) is 5.27. The third-order valence-corrected chi connectivity index (χ3v) is 2.34. The topological polar surface area (TPSA) is 84.6 Å². The molecule has 0 aliphatic heterocycles. The number of aliphatic hydroxyl groups excluding tert-OH is 1. The molecule has 2 unspecified atom stereocenters. The largest absolute Gasteiger partial charge is 0.394 e. The Morgan fingerprint density at radius 2 is 2.27 bits per heavy atom. The number of aliphatic hydroxyl groups is 1. The zero-order valence-corrected chi connectivity index (χ0v) is 9.53. The van der Waals surface area contributed by atoms with Gasteiger partial charge in [-0.2, -0.15) is 0 Å². The van der Waals surface area contributed by atoms with Crippen LogP contribution in [0.1, 0.15) is 19.8 Å². The molecule has 5 heteroatoms. The fourth-order valence-electron chi connectivity index (χ4n) is 1.28. The van der Waals surface area contributed by atoms with Crippen molar-refractivity contribution in [1.29, 1.82) is 0 Å². The van der Waals surface area contributed by atoms with Gasteiger partial charge in [-0.05, 0) is 12.5 Å². The molecule has 90 valence electrons. The van der Waals surface area contributed by atoms with Crippen LogP contribution in [0.3, 0.4) is 0 Å². The van der Waals surface area contributed by atoms with Crippen LogP contribution in [0.5, 0.6) is 0 Å². The maximum absolute atomic E-state index is 11.5. The number of hydrogen-bond donors (Lipinski definition) is 3. The van der Waals surface area contributed by atoms with Crippen molar-refractivity contribution >= 4 is 5.91 Å². The number of hydrogen-bond acceptors (Lipinski definition) is 4. The van der Waals surface area contributed by atoms with Crippen LogP contribution in [0.25, 0.3) is 0 Å². The predicted octanol–water partition coefficient (Wildman–Crippen LogP) is -0.515. The number of carbonyl (C=O) groups excluding carboxylic acids is 1. The third-order valence-electron chi connectivity index (χ3n) is 2.34. The Hall–Kier alpha value is -0.650. The summed E-state index contributed by atoms with van der Waals surface area (Å²) in [6.07, 6.45) is 1.30. The quantitative estimate of drug-likeness (QED) is 0.512. The Morgan fingerprint density at radius 1 is 1.60 bits per heavy atom. The maximum atomic E-state index is 11.5. The second-order valence-electron chi connectivity index (χ2n) is 3.62. The van der Waals surface area contributed by atoms with Crippen molar-refractivity contribution in [3.05, 3.63) is 0 Å². The van der Waals surface area contributed by atoms with E-state index in [4.69, 9.17) is 15.6 Å². The number of nitrogens with one attached hydrogen (secondary N) is 1. The molecule has 0 aromatic carbocycles. The second kappa shape index (κ2) is 8.64. The molecular formula is C10H22N2O3. The fourth-order valence-corrected chi connectivity index (χ4v) is 1.28. The predicted molar refractivity (Wildman–Crippen MR) is 58.3 cm³/mol. The molecule has 0 spiro atoms. The van der Waals surface area contributed by atoms with Crippen molar-refractivity contribution in [1.82, 2.24) is 5.32 Å². The molecule has 5 nitrogen and oxygen atoms in total. The van der Waals surface area contributed by atoms with E-state index in [-0.39, 0.29) is 24.5 Å². The van der Waals surface area contributed by atoms with Crippen LogP contribution in [-0.2, 0) is 9.53 Å². The van der Waals surface area contributed by atoms with E-state index in [1.807, 2.05) is 6.92 Å². The molecular weight excluding hydrogens is 196 g/mol. The maximum Gasteiger partial charge on any atom is 0.220 e. The van der Waals surface area contributed by atoms with E-state index >= 15 is 0 Å². The summed E-state index contributed by atoms with van der Waals surface area (Å²) in [5, 5.41) is 11.6. The molecule has 4 N–H and O–H groups in total. The average molecular weight is 218 g/mol. The summed E-state index contributed by atoms with van der Waals surface area (Å²) in [6.45, 7) is 2.72. The summed E-state index contributed by atoms with van der Waals surface area (Å²) in [5.41, 5.74) is 5.50. The monoisotopic (exact) mass is 218 g/mol. The van der Waals surface area contributed by atoms with Gasteiger partial charge in [-0.15, -0.1) is 0 Å². The van der Waals surface area contributed by atoms with Gasteiger partial charge >= 0.3 is 0 Å². The highest BCUT2D eigenvalue weighted by molar-refractivity contribution is 5.76. The molecule has 1 amide bonds. The summed E-state index contributed by atoms with van der Waals surface area (Å²) >= 11 is 0. The molecule has 2 atom stereocenters. The van der Waals surface area contributed by atoms with Crippen LogP contribution < -0.4 is 11.1 Å². The van der Waals surface area contributed by atoms with Gasteiger partial charge in [0, 0.05) is 13.5 Å². The molecule has 0 aliphatic carbocycles. The number of nitrogens with two attached hydrogens (primary N) is 1. The molecule has 0 bridgehead atoms. The van der Waals surface area contributed by atoms with Crippen LogP contribution in [0, 0.1) is 5.92 Å². The number of ether oxygens (including phenoxy) is 1. The highest BCUT2D eigenvalue weighted by Crippen LogP contribution is 2.05. The van der Waals surface area contributed by atoms with Gasteiger partial charge in [0.05, 0.1) is 19.3 Å². The summed E-state index contributed by atoms with van der Waals surface area (Å²) < 4.78 is 4.85. The van der Waals surface area contributed by atoms with Gasteiger partial charge in [-0.3, -0.25) is 4.79 Å². The average Bonchev–Trinajstić information content (AvgIpc) is 2.25. The molecule has 0 rings (SSSR count). The summed E-state index contributed by atoms with van der Waals surface area (Å²) in [7, 11) is 1.53. The van der Waals surface area contributed by atoms with Gasteiger partial charge in [0.2, 0.25) is 5.91 Å². The van der Waals surface area contributed by atoms with Gasteiger partial charge in [0.1, 0.15) is 0 Å². The molecule has 0 aliphatic rings. The van der Waals surface area contributed by atoms with E-state index in [9.17, 15) is 4.79 Å². The molecule has 15 heavy (non-hydrogen) atoms. The van der Waals surface area contributed by atoms with Crippen molar-refractivity contribution in [3.63, 3.8) is 0 Å². The van der Waals surface area contributed by atoms with Crippen LogP contribution >= 0.6 is 0 Å². The number of amides is 1. The van der Waals surface area contributed by atoms with E-state index < -0.39 is 0 Å². The smallest absolute Gasteiger partial charge is 0.220 e. The molecule has 0 aromatic rings. The minimum Gasteiger partial charge on any atom is -0.394 e. The third kappa shape index (κ3) is 6.43. The second-order valence-corrected chi connectivity index (χ2v) is 3.62. The summed E-state index contributed by atoms with van der Waals surface area (Å²) in [5.74, 6) is 0.135. The first kappa shape index (κ1) is 14.3. The molecule has 0 aromatic heterocycles. The van der Waals surface area contributed by atoms with E-state index in [0.29, 0.717) is 19.6 Å². The fraction of sp³-hybridized carbons (Fsp3) is 0.900. The van der Waals surface area contributed by atoms with Gasteiger partial charge < -0.3 is 20.9 Å². The molecule has 0 saturated carbocycles. The standard InChI is InChI=1S/C10H22N2O3/c1-3-8(5-11)4-10(14)12-9(6-13)7-15-2/h8-9,13H,3-7,11H2,1-2H3,(H,12,14). The number of rotatable bonds is 8. The lowest BCUT2D eigenvalue weighted by molar-refractivity contribution is -0.123. The highest BCUT2D eigenvalue weighted by atomic mass is 16.5. The van der Waals surface area contributed by atoms with Crippen LogP contribution in [-0.4, -0.2) is 43.9 Å². The number of carbonyl (C=O) groups is 1. The molecule has 0 radical (unpaired) electrons. The van der Waals surface area contributed by atoms with Crippen molar-refractivity contribution in [3.8, 4) is 0 Å². The lowest BCUT2D eigenvalue weighted by atomic mass is 10.0. The first-order chi connectivity index (χ1) is 7.17. The van der Waals surface area contributed by atoms with Crippen molar-refractivity contribution < 1.29 is 14.6 Å². The van der Waals surface area contributed by atoms with Gasteiger partial charge in [-0.1, -0.05) is 13.3 Å². The SMILES string of the molecule is CCC(CN)CC(=O)NC(CO)COC. The molecule has 0 heterocycles. The molecule has 0 fully saturated rings. The Balaban J connectivity index is 3.88. The van der Waals surface area contributed by atoms with Gasteiger partial charge in [0.25, 0.3) is 0 Å². The first-order valence-electron chi connectivity index (χ1n) is 5.27. The Bertz CT molecular complexity index is 172. The van der Waals surface area contributed by atoms with Crippen molar-refractivity contribution in [2.45, 2.75) is 25.8 Å². The zero-order chi connectivity index (χ0) is 11.7. The molecule has 0 saturated heterocycles. The minimum atomic E-state index is -0.321. The number of methoxy groups -OCH3 is 1. The lowest BCUT2D eigenvalue weighted by Gasteiger charge is -2.17. The lowest BCUT2D eigenvalue weighted by Crippen LogP contribution is -2.41. The normalized spacial score (nSPS) is 14.7. The highest BCUT2D eigenvalue weighted by Gasteiger charge is 2.14. The van der Waals surface area contributed by atoms with Gasteiger partial charge in [0.15, 0.2) is 0 Å². The Morgan fingerprint density at radius 3 is 2.67 bits per heavy atom. The van der Waals surface area contributed by atoms with E-state index in [1.54, 1.807) is 0 Å².